The second-order valence-corrected chi connectivity index (χ2v) is 6.78. The van der Waals surface area contributed by atoms with Crippen molar-refractivity contribution in [2.75, 3.05) is 18.8 Å². The molecular formula is C17H20N10. The first-order valence-corrected chi connectivity index (χ1v) is 9.21. The standard InChI is InChI=1S/C17H20N10/c18-14-12-17-25-11(24-14)4-3-5-19-15-13-16(21-8-20-15)26(10-23-13)6-1-2-7-27(17)9-22-12/h8-10,13H,1-7H2,(H2,18,24,25). The van der Waals surface area contributed by atoms with Crippen molar-refractivity contribution in [3.05, 3.63) is 12.2 Å². The van der Waals surface area contributed by atoms with Crippen LogP contribution in [0, 0.1) is 0 Å². The van der Waals surface area contributed by atoms with E-state index in [2.05, 4.69) is 44.4 Å². The van der Waals surface area contributed by atoms with Gasteiger partial charge >= 0.3 is 0 Å². The summed E-state index contributed by atoms with van der Waals surface area (Å²) in [7, 11) is 0. The van der Waals surface area contributed by atoms with Gasteiger partial charge in [-0.15, -0.1) is 0 Å². The number of hydrogen-bond acceptors (Lipinski definition) is 9. The van der Waals surface area contributed by atoms with Crippen LogP contribution in [0.1, 0.15) is 25.1 Å². The number of aliphatic imine (C=N–C) groups is 4. The van der Waals surface area contributed by atoms with E-state index in [1.54, 1.807) is 12.7 Å². The average Bonchev–Trinajstić information content (AvgIpc) is 3.27. The maximum absolute atomic E-state index is 6.09. The van der Waals surface area contributed by atoms with Crippen LogP contribution in [0.2, 0.25) is 0 Å². The molecule has 3 aliphatic rings. The average molecular weight is 364 g/mol. The molecule has 2 aromatic heterocycles. The Hall–Kier alpha value is -3.17. The highest BCUT2D eigenvalue weighted by atomic mass is 15.3. The Bertz CT molecular complexity index is 999. The van der Waals surface area contributed by atoms with E-state index in [-0.39, 0.29) is 6.04 Å². The molecule has 0 spiro atoms. The highest BCUT2D eigenvalue weighted by Gasteiger charge is 2.31. The van der Waals surface area contributed by atoms with E-state index in [0.717, 1.165) is 55.5 Å². The second kappa shape index (κ2) is 6.53. The van der Waals surface area contributed by atoms with Crippen molar-refractivity contribution in [3.63, 3.8) is 0 Å². The Labute approximate surface area is 155 Å². The molecule has 0 fully saturated rings. The molecule has 5 heterocycles. The molecule has 0 aliphatic carbocycles. The summed E-state index contributed by atoms with van der Waals surface area (Å²) in [6, 6.07) is -0.175. The van der Waals surface area contributed by atoms with Gasteiger partial charge in [0.15, 0.2) is 23.3 Å². The van der Waals surface area contributed by atoms with E-state index in [9.17, 15) is 0 Å². The Balaban J connectivity index is 1.46. The van der Waals surface area contributed by atoms with Crippen LogP contribution < -0.4 is 5.73 Å². The van der Waals surface area contributed by atoms with Crippen molar-refractivity contribution in [1.29, 1.82) is 0 Å². The topological polar surface area (TPSA) is 122 Å². The van der Waals surface area contributed by atoms with E-state index >= 15 is 0 Å². The minimum atomic E-state index is -0.175. The van der Waals surface area contributed by atoms with Crippen molar-refractivity contribution in [2.24, 2.45) is 20.0 Å². The van der Waals surface area contributed by atoms with Crippen molar-refractivity contribution < 1.29 is 0 Å². The van der Waals surface area contributed by atoms with Gasteiger partial charge in [0, 0.05) is 26.1 Å². The van der Waals surface area contributed by atoms with E-state index in [0.29, 0.717) is 24.3 Å². The van der Waals surface area contributed by atoms with Crippen molar-refractivity contribution >= 4 is 41.3 Å². The van der Waals surface area contributed by atoms with Crippen LogP contribution >= 0.6 is 0 Å². The van der Waals surface area contributed by atoms with E-state index in [1.807, 2.05) is 6.34 Å². The predicted octanol–water partition coefficient (Wildman–Crippen LogP) is 0.686. The number of fused-ring (bicyclic) bond motifs is 1. The van der Waals surface area contributed by atoms with Crippen molar-refractivity contribution in [2.45, 2.75) is 38.3 Å². The predicted molar refractivity (Wildman–Crippen MR) is 105 cm³/mol. The highest BCUT2D eigenvalue weighted by molar-refractivity contribution is 6.21. The van der Waals surface area contributed by atoms with Crippen LogP contribution in [0.15, 0.2) is 26.3 Å². The molecule has 0 saturated heterocycles. The molecule has 1 atom stereocenters. The van der Waals surface area contributed by atoms with Crippen LogP contribution in [-0.2, 0) is 13.0 Å². The first-order valence-electron chi connectivity index (χ1n) is 9.21. The van der Waals surface area contributed by atoms with Crippen LogP contribution in [-0.4, -0.2) is 67.9 Å². The van der Waals surface area contributed by atoms with Crippen LogP contribution in [0.3, 0.4) is 0 Å². The van der Waals surface area contributed by atoms with Gasteiger partial charge in [0.05, 0.1) is 12.7 Å². The fraction of sp³-hybridized carbons (Fsp3) is 0.471. The fourth-order valence-corrected chi connectivity index (χ4v) is 3.56. The number of hydrogen-bond donors (Lipinski definition) is 1. The number of aromatic nitrogens is 4. The molecule has 0 aromatic carbocycles. The molecule has 10 nitrogen and oxygen atoms in total. The first kappa shape index (κ1) is 16.0. The van der Waals surface area contributed by atoms with Crippen LogP contribution in [0.25, 0.3) is 11.2 Å². The SMILES string of the molecule is Nc1nc2nc3c1ncn3CCCCN1C=NC3C(=NCCC2)N=CN=C31. The number of nitrogens with zero attached hydrogens (tertiary/aromatic N) is 9. The molecule has 2 aromatic rings. The number of anilines is 1. The number of rotatable bonds is 0. The van der Waals surface area contributed by atoms with Gasteiger partial charge in [-0.1, -0.05) is 0 Å². The van der Waals surface area contributed by atoms with Gasteiger partial charge in [0.25, 0.3) is 0 Å². The summed E-state index contributed by atoms with van der Waals surface area (Å²) < 4.78 is 2.06. The molecule has 3 aliphatic heterocycles. The van der Waals surface area contributed by atoms with E-state index < -0.39 is 0 Å². The Morgan fingerprint density at radius 3 is 3.00 bits per heavy atom. The smallest absolute Gasteiger partial charge is 0.169 e. The largest absolute Gasteiger partial charge is 0.382 e. The lowest BCUT2D eigenvalue weighted by Gasteiger charge is -2.20. The van der Waals surface area contributed by atoms with Crippen LogP contribution in [0.5, 0.6) is 0 Å². The van der Waals surface area contributed by atoms with Crippen LogP contribution in [0.4, 0.5) is 5.82 Å². The lowest BCUT2D eigenvalue weighted by atomic mass is 10.2. The second-order valence-electron chi connectivity index (χ2n) is 6.78. The van der Waals surface area contributed by atoms with Gasteiger partial charge in [-0.3, -0.25) is 9.98 Å². The monoisotopic (exact) mass is 364 g/mol. The first-order chi connectivity index (χ1) is 13.3. The lowest BCUT2D eigenvalue weighted by Crippen LogP contribution is -2.37. The Morgan fingerprint density at radius 1 is 1.11 bits per heavy atom. The number of nitrogen functional groups attached to an aromatic ring is 1. The summed E-state index contributed by atoms with van der Waals surface area (Å²) in [5.74, 6) is 2.81. The number of nitrogens with two attached hydrogens (primary N) is 1. The van der Waals surface area contributed by atoms with E-state index in [4.69, 9.17) is 5.73 Å². The third-order valence-electron chi connectivity index (χ3n) is 4.94. The van der Waals surface area contributed by atoms with Gasteiger partial charge < -0.3 is 15.2 Å². The Kier molecular flexibility index (Phi) is 3.88. The van der Waals surface area contributed by atoms with Gasteiger partial charge in [-0.2, -0.15) is 0 Å². The molecular weight excluding hydrogens is 344 g/mol. The fourth-order valence-electron chi connectivity index (χ4n) is 3.56. The molecule has 2 N–H and O–H groups in total. The summed E-state index contributed by atoms with van der Waals surface area (Å²) in [6.45, 7) is 2.32. The van der Waals surface area contributed by atoms with Crippen molar-refractivity contribution in [1.82, 2.24) is 24.4 Å². The summed E-state index contributed by atoms with van der Waals surface area (Å²) in [4.78, 5) is 33.5. The third-order valence-corrected chi connectivity index (χ3v) is 4.94. The highest BCUT2D eigenvalue weighted by Crippen LogP contribution is 2.19. The minimum Gasteiger partial charge on any atom is -0.382 e. The molecule has 1 unspecified atom stereocenters. The molecule has 5 rings (SSSR count). The summed E-state index contributed by atoms with van der Waals surface area (Å²) >= 11 is 0. The summed E-state index contributed by atoms with van der Waals surface area (Å²) in [5, 5.41) is 0. The zero-order valence-corrected chi connectivity index (χ0v) is 14.9. The molecule has 0 amide bonds. The molecule has 10 heteroatoms. The van der Waals surface area contributed by atoms with E-state index in [1.165, 1.54) is 0 Å². The quantitative estimate of drug-likeness (QED) is 0.737. The van der Waals surface area contributed by atoms with Gasteiger partial charge in [0.2, 0.25) is 0 Å². The third kappa shape index (κ3) is 2.86. The van der Waals surface area contributed by atoms with Gasteiger partial charge in [-0.25, -0.2) is 24.9 Å². The number of imidazole rings is 1. The normalized spacial score (nSPS) is 22.4. The van der Waals surface area contributed by atoms with Crippen molar-refractivity contribution in [3.8, 4) is 0 Å². The maximum Gasteiger partial charge on any atom is 0.169 e. The zero-order valence-electron chi connectivity index (χ0n) is 14.9. The molecule has 138 valence electrons. The number of amidine groups is 2. The van der Waals surface area contributed by atoms with Gasteiger partial charge in [0.1, 0.15) is 23.5 Å². The summed E-state index contributed by atoms with van der Waals surface area (Å²) in [5.41, 5.74) is 7.57. The molecule has 0 radical (unpaired) electrons. The summed E-state index contributed by atoms with van der Waals surface area (Å²) in [6.07, 6.45) is 8.73. The lowest BCUT2D eigenvalue weighted by molar-refractivity contribution is 0.537. The minimum absolute atomic E-state index is 0.175. The zero-order chi connectivity index (χ0) is 18.2. The maximum atomic E-state index is 6.09. The number of aryl methyl sites for hydroxylation is 2. The van der Waals surface area contributed by atoms with Gasteiger partial charge in [-0.05, 0) is 19.3 Å². The molecule has 0 saturated carbocycles. The molecule has 27 heavy (non-hydrogen) atoms. The molecule has 6 bridgehead atoms. The Morgan fingerprint density at radius 2 is 2.04 bits per heavy atom.